The van der Waals surface area contributed by atoms with Crippen LogP contribution in [-0.4, -0.2) is 90.1 Å². The lowest BCUT2D eigenvalue weighted by Gasteiger charge is -2.20. The summed E-state index contributed by atoms with van der Waals surface area (Å²) in [6.07, 6.45) is 6.25. The zero-order valence-corrected chi connectivity index (χ0v) is 37.9. The number of aliphatic hydroxyl groups is 1. The van der Waals surface area contributed by atoms with Crippen molar-refractivity contribution in [2.75, 3.05) is 39.3 Å². The fourth-order valence-electron chi connectivity index (χ4n) is 8.78. The van der Waals surface area contributed by atoms with E-state index in [-0.39, 0.29) is 22.5 Å². The number of benzene rings is 4. The molecular weight excluding hydrogens is 881 g/mol. The van der Waals surface area contributed by atoms with Gasteiger partial charge >= 0.3 is 0 Å². The number of pyridine rings is 2. The summed E-state index contributed by atoms with van der Waals surface area (Å²) in [6.45, 7) is 8.46. The predicted octanol–water partition coefficient (Wildman–Crippen LogP) is 7.60. The molecule has 0 saturated carbocycles. The number of aromatic amines is 1. The number of nitro benzene ring substituents is 2. The Bertz CT molecular complexity index is 3360. The molecular formula is C51H50N10O8. The fourth-order valence-corrected chi connectivity index (χ4v) is 8.78. The Labute approximate surface area is 395 Å². The van der Waals surface area contributed by atoms with Gasteiger partial charge in [-0.05, 0) is 107 Å². The highest BCUT2D eigenvalue weighted by molar-refractivity contribution is 6.07. The second kappa shape index (κ2) is 21.3. The molecule has 0 amide bonds. The smallest absolute Gasteiger partial charge is 0.273 e. The number of hydrogen-bond acceptors (Lipinski definition) is 12. The molecule has 4 aromatic carbocycles. The summed E-state index contributed by atoms with van der Waals surface area (Å²) < 4.78 is 9.66. The summed E-state index contributed by atoms with van der Waals surface area (Å²) in [6, 6.07) is 33.4. The Morgan fingerprint density at radius 1 is 0.710 bits per heavy atom. The summed E-state index contributed by atoms with van der Waals surface area (Å²) in [5.41, 5.74) is 3.94. The van der Waals surface area contributed by atoms with E-state index >= 15 is 0 Å². The number of ether oxygens (including phenoxy) is 1. The topological polar surface area (TPSA) is 247 Å². The molecule has 4 aromatic heterocycles. The van der Waals surface area contributed by atoms with Crippen molar-refractivity contribution < 1.29 is 19.7 Å². The highest BCUT2D eigenvalue weighted by Gasteiger charge is 2.23. The van der Waals surface area contributed by atoms with Crippen LogP contribution in [0.4, 0.5) is 11.4 Å². The van der Waals surface area contributed by atoms with Gasteiger partial charge in [0.2, 0.25) is 0 Å². The number of nitrogens with one attached hydrogen (secondary N) is 2. The van der Waals surface area contributed by atoms with E-state index in [1.807, 2.05) is 65.2 Å². The van der Waals surface area contributed by atoms with Crippen molar-refractivity contribution in [2.45, 2.75) is 57.8 Å². The Morgan fingerprint density at radius 3 is 1.75 bits per heavy atom. The number of H-pyrrole nitrogens is 1. The molecule has 7 heterocycles. The lowest BCUT2D eigenvalue weighted by atomic mass is 10.2. The number of hydrogen-bond donors (Lipinski definition) is 3. The maximum Gasteiger partial charge on any atom is 0.273 e. The van der Waals surface area contributed by atoms with Crippen molar-refractivity contribution in [3.8, 4) is 23.5 Å². The van der Waals surface area contributed by atoms with E-state index in [1.54, 1.807) is 6.07 Å². The van der Waals surface area contributed by atoms with Gasteiger partial charge in [-0.15, -0.1) is 0 Å². The maximum atomic E-state index is 13.3. The molecule has 2 unspecified atom stereocenters. The summed E-state index contributed by atoms with van der Waals surface area (Å²) in [5.74, 6) is 0. The van der Waals surface area contributed by atoms with Crippen molar-refractivity contribution >= 4 is 55.2 Å². The Morgan fingerprint density at radius 2 is 1.25 bits per heavy atom. The molecule has 0 spiro atoms. The largest absolute Gasteiger partial charge is 0.390 e. The normalized spacial score (nSPS) is 15.6. The average Bonchev–Trinajstić information content (AvgIpc) is 3.74. The van der Waals surface area contributed by atoms with Gasteiger partial charge in [0, 0.05) is 58.5 Å². The Kier molecular flexibility index (Phi) is 14.7. The molecule has 18 nitrogen and oxygen atoms in total. The number of para-hydroxylation sites is 2. The zero-order valence-electron chi connectivity index (χ0n) is 37.9. The number of epoxide rings is 1. The molecule has 352 valence electrons. The van der Waals surface area contributed by atoms with Gasteiger partial charge in [0.05, 0.1) is 62.8 Å². The molecule has 3 saturated heterocycles. The lowest BCUT2D eigenvalue weighted by Crippen LogP contribution is -2.32. The molecule has 3 aliphatic heterocycles. The van der Waals surface area contributed by atoms with Gasteiger partial charge in [-0.3, -0.25) is 39.0 Å². The Balaban J connectivity index is 0.000000159. The SMILES string of the molecule is C1CCNC1.CCC1CO1.N#Cc1cc2[nH]c3ccccc3c2n(-c2ccc([N+](=O)[O-])cc2)c1=O.N#Cc1cc2c(c3ccccc3n2CC(O)CN2CCCC2)n(-c2ccc([N+](=O)[O-])cc2)c1=O. The van der Waals surface area contributed by atoms with Gasteiger partial charge in [0.15, 0.2) is 0 Å². The van der Waals surface area contributed by atoms with E-state index in [0.717, 1.165) is 54.3 Å². The van der Waals surface area contributed by atoms with Crippen molar-refractivity contribution in [1.82, 2.24) is 28.9 Å². The zero-order chi connectivity index (χ0) is 48.6. The summed E-state index contributed by atoms with van der Waals surface area (Å²) in [7, 11) is 0. The Hall–Kier alpha value is -8.00. The van der Waals surface area contributed by atoms with Crippen LogP contribution in [0, 0.1) is 42.9 Å². The van der Waals surface area contributed by atoms with Crippen LogP contribution >= 0.6 is 0 Å². The maximum absolute atomic E-state index is 13.3. The number of nitrogens with zero attached hydrogens (tertiary/aromatic N) is 8. The highest BCUT2D eigenvalue weighted by atomic mass is 16.6. The molecule has 3 N–H and O–H groups in total. The van der Waals surface area contributed by atoms with Crippen LogP contribution in [0.2, 0.25) is 0 Å². The van der Waals surface area contributed by atoms with Crippen LogP contribution < -0.4 is 16.4 Å². The lowest BCUT2D eigenvalue weighted by molar-refractivity contribution is -0.385. The number of aromatic nitrogens is 4. The van der Waals surface area contributed by atoms with Gasteiger partial charge in [-0.2, -0.15) is 10.5 Å². The minimum atomic E-state index is -0.623. The number of nitro groups is 2. The minimum absolute atomic E-state index is 0.00240. The third-order valence-electron chi connectivity index (χ3n) is 12.3. The number of β-amino-alcohol motifs (C(OH)–C–C–N with tert-alkyl or cyclic N) is 1. The van der Waals surface area contributed by atoms with E-state index in [4.69, 9.17) is 4.74 Å². The van der Waals surface area contributed by atoms with E-state index in [0.29, 0.717) is 52.6 Å². The third kappa shape index (κ3) is 10.4. The predicted molar refractivity (Wildman–Crippen MR) is 263 cm³/mol. The second-order valence-corrected chi connectivity index (χ2v) is 16.9. The van der Waals surface area contributed by atoms with Crippen molar-refractivity contribution in [1.29, 1.82) is 10.5 Å². The summed E-state index contributed by atoms with van der Waals surface area (Å²) in [5, 5.41) is 56.6. The fraction of sp³-hybridized carbons (Fsp3) is 0.294. The first kappa shape index (κ1) is 47.5. The highest BCUT2D eigenvalue weighted by Crippen LogP contribution is 2.32. The summed E-state index contributed by atoms with van der Waals surface area (Å²) >= 11 is 0. The van der Waals surface area contributed by atoms with E-state index in [1.165, 1.54) is 96.1 Å². The monoisotopic (exact) mass is 930 g/mol. The number of nitriles is 2. The van der Waals surface area contributed by atoms with Crippen LogP contribution in [0.25, 0.3) is 55.2 Å². The molecule has 8 aromatic rings. The van der Waals surface area contributed by atoms with E-state index < -0.39 is 27.1 Å². The average molecular weight is 931 g/mol. The van der Waals surface area contributed by atoms with Crippen molar-refractivity contribution in [3.05, 3.63) is 161 Å². The molecule has 2 atom stereocenters. The van der Waals surface area contributed by atoms with Crippen LogP contribution in [0.1, 0.15) is 50.2 Å². The molecule has 3 aliphatic rings. The first-order chi connectivity index (χ1) is 33.5. The van der Waals surface area contributed by atoms with Gasteiger partial charge in [-0.25, -0.2) is 0 Å². The molecule has 0 bridgehead atoms. The van der Waals surface area contributed by atoms with Crippen molar-refractivity contribution in [2.24, 2.45) is 0 Å². The van der Waals surface area contributed by atoms with Crippen LogP contribution in [-0.2, 0) is 11.3 Å². The molecule has 11 rings (SSSR count). The van der Waals surface area contributed by atoms with Gasteiger partial charge in [-0.1, -0.05) is 43.3 Å². The van der Waals surface area contributed by atoms with Crippen molar-refractivity contribution in [3.63, 3.8) is 0 Å². The molecule has 18 heteroatoms. The molecule has 0 radical (unpaired) electrons. The summed E-state index contributed by atoms with van der Waals surface area (Å²) in [4.78, 5) is 52.4. The van der Waals surface area contributed by atoms with Crippen LogP contribution in [0.3, 0.4) is 0 Å². The molecule has 0 aliphatic carbocycles. The third-order valence-corrected chi connectivity index (χ3v) is 12.3. The number of rotatable bonds is 9. The minimum Gasteiger partial charge on any atom is -0.390 e. The molecule has 69 heavy (non-hydrogen) atoms. The van der Waals surface area contributed by atoms with Gasteiger partial charge in [0.1, 0.15) is 23.3 Å². The standard InChI is InChI=1S/C25H23N5O4.C18H10N4O3.C4H9N.C4H8O/c26-14-17-13-23-24(29(25(17)32)18-7-9-19(10-8-18)30(33)34)21-5-1-2-6-22(21)28(23)16-20(31)15-27-11-3-4-12-27;19-10-11-9-16-17(14-3-1-2-4-15(14)20-16)21(18(11)23)12-5-7-13(8-6-12)22(24)25;1-2-4-5-3-1;1-2-4-3-5-4/h1-2,5-10,13,20,31H,3-4,11-12,15-16H2;1-9,20H;5H,1-4H2;4H,2-3H2,1H3. The van der Waals surface area contributed by atoms with Gasteiger partial charge < -0.3 is 29.6 Å². The first-order valence-corrected chi connectivity index (χ1v) is 22.9. The van der Waals surface area contributed by atoms with Crippen LogP contribution in [0.15, 0.2) is 119 Å². The quantitative estimate of drug-likeness (QED) is 0.0720. The number of fused-ring (bicyclic) bond motifs is 6. The second-order valence-electron chi connectivity index (χ2n) is 16.9. The number of aliphatic hydroxyl groups excluding tert-OH is 1. The number of likely N-dealkylation sites (tertiary alicyclic amines) is 1. The van der Waals surface area contributed by atoms with E-state index in [2.05, 4.69) is 22.1 Å². The molecule has 3 fully saturated rings. The first-order valence-electron chi connectivity index (χ1n) is 22.9. The van der Waals surface area contributed by atoms with Crippen LogP contribution in [0.5, 0.6) is 0 Å². The van der Waals surface area contributed by atoms with E-state index in [9.17, 15) is 45.4 Å². The number of non-ortho nitro benzene ring substituents is 2. The van der Waals surface area contributed by atoms with Gasteiger partial charge in [0.25, 0.3) is 22.5 Å².